The molecular weight excluding hydrogens is 273 g/mol. The van der Waals surface area contributed by atoms with Crippen molar-refractivity contribution in [3.63, 3.8) is 0 Å². The van der Waals surface area contributed by atoms with E-state index in [1.807, 2.05) is 0 Å². The van der Waals surface area contributed by atoms with Crippen molar-refractivity contribution in [3.05, 3.63) is 47.0 Å². The summed E-state index contributed by atoms with van der Waals surface area (Å²) in [6.45, 7) is 6.63. The van der Waals surface area contributed by atoms with E-state index in [-0.39, 0.29) is 11.0 Å². The highest BCUT2D eigenvalue weighted by molar-refractivity contribution is 5.88. The third kappa shape index (κ3) is 3.59. The second-order valence-corrected chi connectivity index (χ2v) is 5.91. The molecule has 2 rings (SSSR count). The number of halogens is 1. The first-order valence-corrected chi connectivity index (χ1v) is 6.58. The zero-order valence-electron chi connectivity index (χ0n) is 12.2. The highest BCUT2D eigenvalue weighted by atomic mass is 19.1. The van der Waals surface area contributed by atoms with Crippen LogP contribution >= 0.6 is 0 Å². The van der Waals surface area contributed by atoms with E-state index in [1.54, 1.807) is 6.20 Å². The number of carboxylic acids is 1. The molecule has 0 aliphatic rings. The molecule has 0 unspecified atom stereocenters. The van der Waals surface area contributed by atoms with Crippen LogP contribution in [0.25, 0.3) is 0 Å². The zero-order valence-corrected chi connectivity index (χ0v) is 12.2. The lowest BCUT2D eigenvalue weighted by Crippen LogP contribution is -2.15. The van der Waals surface area contributed by atoms with Crippen LogP contribution in [-0.4, -0.2) is 21.3 Å². The highest BCUT2D eigenvalue weighted by Crippen LogP contribution is 2.24. The van der Waals surface area contributed by atoms with E-state index in [2.05, 4.69) is 36.3 Å². The third-order valence-corrected chi connectivity index (χ3v) is 3.10. The van der Waals surface area contributed by atoms with Crippen molar-refractivity contribution >= 4 is 11.7 Å². The molecule has 1 heterocycles. The first kappa shape index (κ1) is 15.0. The van der Waals surface area contributed by atoms with Gasteiger partial charge in [0.1, 0.15) is 5.82 Å². The fourth-order valence-corrected chi connectivity index (χ4v) is 2.11. The van der Waals surface area contributed by atoms with Gasteiger partial charge < -0.3 is 10.4 Å². The van der Waals surface area contributed by atoms with Crippen LogP contribution in [0.15, 0.2) is 24.4 Å². The monoisotopic (exact) mass is 291 g/mol. The predicted octanol–water partition coefficient (Wildman–Crippen LogP) is 3.16. The molecule has 5 nitrogen and oxygen atoms in total. The van der Waals surface area contributed by atoms with Gasteiger partial charge in [-0.1, -0.05) is 20.8 Å². The molecular formula is C15H18FN3O2. The number of hydrogen-bond donors (Lipinski definition) is 3. The van der Waals surface area contributed by atoms with Gasteiger partial charge in [0.25, 0.3) is 0 Å². The number of nitrogens with one attached hydrogen (secondary N) is 2. The number of nitrogens with zero attached hydrogens (tertiary/aromatic N) is 1. The fraction of sp³-hybridized carbons (Fsp3) is 0.333. The van der Waals surface area contributed by atoms with Crippen LogP contribution in [0, 0.1) is 5.82 Å². The Morgan fingerprint density at radius 1 is 1.38 bits per heavy atom. The number of carbonyl (C=O) groups is 1. The predicted molar refractivity (Wildman–Crippen MR) is 78.0 cm³/mol. The third-order valence-electron chi connectivity index (χ3n) is 3.10. The summed E-state index contributed by atoms with van der Waals surface area (Å²) in [6.07, 6.45) is 1.71. The van der Waals surface area contributed by atoms with Crippen molar-refractivity contribution in [2.24, 2.45) is 0 Å². The quantitative estimate of drug-likeness (QED) is 0.808. The summed E-state index contributed by atoms with van der Waals surface area (Å²) in [7, 11) is 0. The number of carboxylic acid groups (broad SMARTS) is 1. The average Bonchev–Trinajstić information content (AvgIpc) is 2.83. The van der Waals surface area contributed by atoms with Crippen LogP contribution < -0.4 is 5.32 Å². The molecule has 0 fully saturated rings. The van der Waals surface area contributed by atoms with E-state index < -0.39 is 11.8 Å². The molecule has 0 atom stereocenters. The van der Waals surface area contributed by atoms with Gasteiger partial charge in [0.05, 0.1) is 11.8 Å². The van der Waals surface area contributed by atoms with E-state index in [0.29, 0.717) is 12.2 Å². The standard InChI is InChI=1S/C15H18FN3O2/c1-15(2,3)13-10(8-18-19-13)7-17-12-5-9(14(20)21)4-11(16)6-12/h4-6,8,17H,7H2,1-3H3,(H,18,19)(H,20,21). The Bertz CT molecular complexity index is 659. The van der Waals surface area contributed by atoms with Crippen LogP contribution in [0.3, 0.4) is 0 Å². The van der Waals surface area contributed by atoms with Crippen LogP contribution in [0.5, 0.6) is 0 Å². The number of aromatic amines is 1. The van der Waals surface area contributed by atoms with Crippen molar-refractivity contribution in [2.75, 3.05) is 5.32 Å². The van der Waals surface area contributed by atoms with E-state index in [4.69, 9.17) is 5.11 Å². The molecule has 0 saturated carbocycles. The van der Waals surface area contributed by atoms with Crippen LogP contribution in [0.1, 0.15) is 42.4 Å². The molecule has 0 aliphatic carbocycles. The van der Waals surface area contributed by atoms with Crippen LogP contribution in [0.2, 0.25) is 0 Å². The number of H-pyrrole nitrogens is 1. The van der Waals surface area contributed by atoms with Gasteiger partial charge in [0.2, 0.25) is 0 Å². The Kier molecular flexibility index (Phi) is 3.97. The molecule has 1 aromatic heterocycles. The van der Waals surface area contributed by atoms with Gasteiger partial charge in [0, 0.05) is 28.9 Å². The number of anilines is 1. The lowest BCUT2D eigenvalue weighted by Gasteiger charge is -2.18. The van der Waals surface area contributed by atoms with Gasteiger partial charge in [-0.05, 0) is 18.2 Å². The summed E-state index contributed by atoms with van der Waals surface area (Å²) < 4.78 is 13.4. The Balaban J connectivity index is 2.18. The Morgan fingerprint density at radius 3 is 2.71 bits per heavy atom. The number of aromatic nitrogens is 2. The van der Waals surface area contributed by atoms with Gasteiger partial charge >= 0.3 is 5.97 Å². The van der Waals surface area contributed by atoms with Crippen molar-refractivity contribution < 1.29 is 14.3 Å². The van der Waals surface area contributed by atoms with Gasteiger partial charge in [0.15, 0.2) is 0 Å². The summed E-state index contributed by atoms with van der Waals surface area (Å²) in [5.41, 5.74) is 2.21. The minimum Gasteiger partial charge on any atom is -0.478 e. The van der Waals surface area contributed by atoms with E-state index >= 15 is 0 Å². The molecule has 112 valence electrons. The van der Waals surface area contributed by atoms with E-state index in [0.717, 1.165) is 17.3 Å². The summed E-state index contributed by atoms with van der Waals surface area (Å²) in [6, 6.07) is 3.66. The molecule has 3 N–H and O–H groups in total. The Hall–Kier alpha value is -2.37. The first-order chi connectivity index (χ1) is 9.77. The zero-order chi connectivity index (χ0) is 15.6. The number of rotatable bonds is 4. The smallest absolute Gasteiger partial charge is 0.335 e. The molecule has 2 aromatic rings. The average molecular weight is 291 g/mol. The fourth-order valence-electron chi connectivity index (χ4n) is 2.11. The van der Waals surface area contributed by atoms with Crippen LogP contribution in [0.4, 0.5) is 10.1 Å². The maximum Gasteiger partial charge on any atom is 0.335 e. The van der Waals surface area contributed by atoms with E-state index in [9.17, 15) is 9.18 Å². The van der Waals surface area contributed by atoms with E-state index in [1.165, 1.54) is 12.1 Å². The highest BCUT2D eigenvalue weighted by Gasteiger charge is 2.19. The van der Waals surface area contributed by atoms with Crippen molar-refractivity contribution in [2.45, 2.75) is 32.7 Å². The molecule has 0 bridgehead atoms. The summed E-state index contributed by atoms with van der Waals surface area (Å²) in [5.74, 6) is -1.74. The van der Waals surface area contributed by atoms with Gasteiger partial charge in [-0.2, -0.15) is 5.10 Å². The summed E-state index contributed by atoms with van der Waals surface area (Å²) in [5, 5.41) is 19.0. The summed E-state index contributed by atoms with van der Waals surface area (Å²) in [4.78, 5) is 10.9. The lowest BCUT2D eigenvalue weighted by molar-refractivity contribution is 0.0696. The molecule has 0 saturated heterocycles. The second-order valence-electron chi connectivity index (χ2n) is 5.91. The Labute approximate surface area is 122 Å². The van der Waals surface area contributed by atoms with Crippen LogP contribution in [-0.2, 0) is 12.0 Å². The van der Waals surface area contributed by atoms with Crippen molar-refractivity contribution in [1.82, 2.24) is 10.2 Å². The maximum absolute atomic E-state index is 13.4. The van der Waals surface area contributed by atoms with Gasteiger partial charge in [-0.15, -0.1) is 0 Å². The largest absolute Gasteiger partial charge is 0.478 e. The number of benzene rings is 1. The second kappa shape index (κ2) is 5.55. The van der Waals surface area contributed by atoms with Gasteiger partial charge in [-0.25, -0.2) is 9.18 Å². The molecule has 0 radical (unpaired) electrons. The topological polar surface area (TPSA) is 78.0 Å². The number of hydrogen-bond acceptors (Lipinski definition) is 3. The molecule has 0 amide bonds. The molecule has 0 aliphatic heterocycles. The van der Waals surface area contributed by atoms with Crippen molar-refractivity contribution in [1.29, 1.82) is 0 Å². The van der Waals surface area contributed by atoms with Crippen molar-refractivity contribution in [3.8, 4) is 0 Å². The molecule has 6 heteroatoms. The number of aromatic carboxylic acids is 1. The minimum absolute atomic E-state index is 0.0817. The van der Waals surface area contributed by atoms with Gasteiger partial charge in [-0.3, -0.25) is 5.10 Å². The normalized spacial score (nSPS) is 11.4. The SMILES string of the molecule is CC(C)(C)c1[nH]ncc1CNc1cc(F)cc(C(=O)O)c1. The lowest BCUT2D eigenvalue weighted by atomic mass is 9.89. The molecule has 0 spiro atoms. The molecule has 1 aromatic carbocycles. The molecule has 21 heavy (non-hydrogen) atoms. The first-order valence-electron chi connectivity index (χ1n) is 6.58. The summed E-state index contributed by atoms with van der Waals surface area (Å²) >= 11 is 0. The Morgan fingerprint density at radius 2 is 2.10 bits per heavy atom. The minimum atomic E-state index is -1.16. The maximum atomic E-state index is 13.4.